The van der Waals surface area contributed by atoms with Crippen LogP contribution in [0.25, 0.3) is 45.8 Å². The van der Waals surface area contributed by atoms with Crippen LogP contribution in [-0.2, 0) is 36.7 Å². The molecule has 0 nitrogen and oxygen atoms in total. The second-order valence-corrected chi connectivity index (χ2v) is 15.4. The molecule has 8 aromatic rings. The van der Waals surface area contributed by atoms with Crippen molar-refractivity contribution in [1.82, 2.24) is 0 Å². The SMILES string of the molecule is CC1(c2cccc3ccccc23)[C-]=c2ccccc2=C1.CC1(c2cccc3ccccc23)[C-]=c2ccccc2=C1.Cl.Cl.[Hf].c1ccc([Si]c2ccccc2)cc1. The van der Waals surface area contributed by atoms with Crippen LogP contribution in [0.4, 0.5) is 0 Å². The summed E-state index contributed by atoms with van der Waals surface area (Å²) in [7, 11) is 0.777. The minimum atomic E-state index is -0.148. The summed E-state index contributed by atoms with van der Waals surface area (Å²) in [4.78, 5) is 0. The molecular formula is C52H42Cl2HfSi-2. The number of hydrogen-bond donors (Lipinski definition) is 0. The third-order valence-electron chi connectivity index (χ3n) is 10.1. The minimum absolute atomic E-state index is 0. The van der Waals surface area contributed by atoms with Gasteiger partial charge in [-0.1, -0.05) is 182 Å². The molecule has 10 rings (SSSR count). The molecule has 56 heavy (non-hydrogen) atoms. The molecule has 0 aliphatic heterocycles. The van der Waals surface area contributed by atoms with E-state index in [0.29, 0.717) is 0 Å². The number of halogens is 2. The average molecular weight is 944 g/mol. The van der Waals surface area contributed by atoms with Gasteiger partial charge >= 0.3 is 0 Å². The Balaban J connectivity index is 0.000000160. The largest absolute Gasteiger partial charge is 0.189 e. The third-order valence-corrected chi connectivity index (χ3v) is 11.4. The minimum Gasteiger partial charge on any atom is -0.189 e. The Morgan fingerprint density at radius 2 is 0.714 bits per heavy atom. The van der Waals surface area contributed by atoms with Crippen molar-refractivity contribution in [1.29, 1.82) is 0 Å². The molecule has 0 amide bonds. The predicted molar refractivity (Wildman–Crippen MR) is 242 cm³/mol. The topological polar surface area (TPSA) is 0 Å². The van der Waals surface area contributed by atoms with Crippen molar-refractivity contribution in [3.63, 3.8) is 0 Å². The summed E-state index contributed by atoms with van der Waals surface area (Å²) >= 11 is 0. The van der Waals surface area contributed by atoms with Crippen LogP contribution in [0.2, 0.25) is 0 Å². The molecule has 2 unspecified atom stereocenters. The van der Waals surface area contributed by atoms with Gasteiger partial charge in [0.1, 0.15) is 9.52 Å². The zero-order valence-corrected chi connectivity index (χ0v) is 37.7. The Morgan fingerprint density at radius 3 is 1.12 bits per heavy atom. The molecule has 0 heterocycles. The summed E-state index contributed by atoms with van der Waals surface area (Å²) in [5, 5.41) is 13.0. The van der Waals surface area contributed by atoms with Crippen LogP contribution in [0.1, 0.15) is 25.0 Å². The predicted octanol–water partition coefficient (Wildman–Crippen LogP) is 8.68. The maximum Gasteiger partial charge on any atom is 0.121 e. The molecule has 0 bridgehead atoms. The number of benzene rings is 8. The van der Waals surface area contributed by atoms with E-state index in [1.807, 2.05) is 0 Å². The van der Waals surface area contributed by atoms with Gasteiger partial charge in [0.25, 0.3) is 0 Å². The molecule has 2 radical (unpaired) electrons. The number of fused-ring (bicyclic) bond motifs is 4. The van der Waals surface area contributed by atoms with Crippen LogP contribution < -0.4 is 31.2 Å². The smallest absolute Gasteiger partial charge is 0.121 e. The van der Waals surface area contributed by atoms with Crippen LogP contribution >= 0.6 is 24.8 Å². The number of hydrogen-bond acceptors (Lipinski definition) is 0. The van der Waals surface area contributed by atoms with Crippen LogP contribution in [0, 0.1) is 0 Å². The summed E-state index contributed by atoms with van der Waals surface area (Å²) in [6.07, 6.45) is 12.0. The van der Waals surface area contributed by atoms with Crippen molar-refractivity contribution >= 4 is 90.6 Å². The first kappa shape index (κ1) is 42.6. The molecular weight excluding hydrogens is 902 g/mol. The van der Waals surface area contributed by atoms with E-state index in [1.165, 1.54) is 63.9 Å². The van der Waals surface area contributed by atoms with Crippen molar-refractivity contribution in [2.45, 2.75) is 24.7 Å². The van der Waals surface area contributed by atoms with E-state index >= 15 is 0 Å². The van der Waals surface area contributed by atoms with Gasteiger partial charge in [-0.15, -0.1) is 71.7 Å². The molecule has 2 aliphatic carbocycles. The zero-order valence-electron chi connectivity index (χ0n) is 31.4. The molecule has 0 fully saturated rings. The molecule has 0 N–H and O–H groups in total. The standard InChI is InChI=1S/2C20H15.C12H10Si.2ClH.Hf/c2*1-20(13-16-8-2-3-9-17(16)14-20)19-12-6-10-15-7-4-5-11-18(15)19;1-3-7-11(8-4-1)13-12-9-5-2-6-10-12;;;/h2*2-13H,1H3;1-10H;2*1H;/q2*-1;;;;. The summed E-state index contributed by atoms with van der Waals surface area (Å²) in [6.45, 7) is 4.49. The van der Waals surface area contributed by atoms with Crippen LogP contribution in [0.15, 0.2) is 194 Å². The fourth-order valence-electron chi connectivity index (χ4n) is 7.58. The summed E-state index contributed by atoms with van der Waals surface area (Å²) in [5.74, 6) is 0. The molecule has 274 valence electrons. The zero-order chi connectivity index (χ0) is 36.1. The summed E-state index contributed by atoms with van der Waals surface area (Å²) < 4.78 is 0. The van der Waals surface area contributed by atoms with E-state index < -0.39 is 0 Å². The van der Waals surface area contributed by atoms with Gasteiger partial charge in [-0.05, 0) is 43.5 Å². The van der Waals surface area contributed by atoms with Crippen LogP contribution in [-0.4, -0.2) is 9.52 Å². The molecule has 0 saturated carbocycles. The van der Waals surface area contributed by atoms with Crippen molar-refractivity contribution in [2.24, 2.45) is 0 Å². The molecule has 4 heteroatoms. The Morgan fingerprint density at radius 1 is 0.375 bits per heavy atom. The quantitative estimate of drug-likeness (QED) is 0.123. The molecule has 8 aromatic carbocycles. The van der Waals surface area contributed by atoms with Gasteiger partial charge in [-0.2, -0.15) is 34.7 Å². The van der Waals surface area contributed by atoms with Gasteiger partial charge in [0.15, 0.2) is 0 Å². The Kier molecular flexibility index (Phi) is 14.5. The second kappa shape index (κ2) is 19.0. The first-order chi connectivity index (χ1) is 26.0. The van der Waals surface area contributed by atoms with Crippen molar-refractivity contribution in [3.05, 3.63) is 226 Å². The Hall–Kier alpha value is -4.57. The molecule has 0 saturated heterocycles. The van der Waals surface area contributed by atoms with Gasteiger partial charge < -0.3 is 0 Å². The third kappa shape index (κ3) is 9.34. The fraction of sp³-hybridized carbons (Fsp3) is 0.0769. The Bertz CT molecular complexity index is 2530. The van der Waals surface area contributed by atoms with Crippen molar-refractivity contribution in [3.8, 4) is 0 Å². The van der Waals surface area contributed by atoms with E-state index in [1.54, 1.807) is 0 Å². The number of rotatable bonds is 4. The molecule has 0 aromatic heterocycles. The van der Waals surface area contributed by atoms with Gasteiger partial charge in [0.2, 0.25) is 0 Å². The first-order valence-electron chi connectivity index (χ1n) is 18.3. The monoisotopic (exact) mass is 944 g/mol. The van der Waals surface area contributed by atoms with E-state index in [2.05, 4.69) is 232 Å². The second-order valence-electron chi connectivity index (χ2n) is 14.0. The Labute approximate surface area is 364 Å². The average Bonchev–Trinajstić information content (AvgIpc) is 3.75. The van der Waals surface area contributed by atoms with Crippen molar-refractivity contribution < 1.29 is 25.8 Å². The maximum atomic E-state index is 3.66. The van der Waals surface area contributed by atoms with Crippen LogP contribution in [0.3, 0.4) is 0 Å². The molecule has 0 spiro atoms. The van der Waals surface area contributed by atoms with Crippen molar-refractivity contribution in [2.75, 3.05) is 0 Å². The van der Waals surface area contributed by atoms with Gasteiger partial charge in [-0.25, -0.2) is 0 Å². The maximum absolute atomic E-state index is 3.66. The molecule has 2 aliphatic rings. The van der Waals surface area contributed by atoms with Crippen LogP contribution in [0.5, 0.6) is 0 Å². The summed E-state index contributed by atoms with van der Waals surface area (Å²) in [5.41, 5.74) is 2.35. The van der Waals surface area contributed by atoms with Gasteiger partial charge in [0, 0.05) is 25.8 Å². The fourth-order valence-corrected chi connectivity index (χ4v) is 8.64. The normalized spacial score (nSPS) is 16.8. The van der Waals surface area contributed by atoms with E-state index in [-0.39, 0.29) is 61.5 Å². The van der Waals surface area contributed by atoms with E-state index in [4.69, 9.17) is 0 Å². The van der Waals surface area contributed by atoms with E-state index in [0.717, 1.165) is 9.52 Å². The molecule has 2 atom stereocenters. The van der Waals surface area contributed by atoms with Gasteiger partial charge in [-0.3, -0.25) is 0 Å². The first-order valence-corrected chi connectivity index (χ1v) is 19.3. The van der Waals surface area contributed by atoms with E-state index in [9.17, 15) is 0 Å². The van der Waals surface area contributed by atoms with Gasteiger partial charge in [0.05, 0.1) is 0 Å². The summed E-state index contributed by atoms with van der Waals surface area (Å²) in [6, 6.07) is 68.3.